The van der Waals surface area contributed by atoms with Gasteiger partial charge in [0.2, 0.25) is 0 Å². The Morgan fingerprint density at radius 1 is 1.22 bits per heavy atom. The van der Waals surface area contributed by atoms with E-state index >= 15 is 0 Å². The molecule has 3 heterocycles. The van der Waals surface area contributed by atoms with Gasteiger partial charge in [0, 0.05) is 36.1 Å². The quantitative estimate of drug-likeness (QED) is 0.403. The van der Waals surface area contributed by atoms with Gasteiger partial charge >= 0.3 is 0 Å². The molecule has 182 valence electrons. The van der Waals surface area contributed by atoms with E-state index in [4.69, 9.17) is 14.2 Å². The number of aliphatic hydroxyl groups is 1. The number of hydrogen-bond donors (Lipinski definition) is 1. The summed E-state index contributed by atoms with van der Waals surface area (Å²) in [5.74, 6) is 0.531. The van der Waals surface area contributed by atoms with Crippen LogP contribution in [0.25, 0.3) is 11.2 Å². The zero-order valence-corrected chi connectivity index (χ0v) is 20.1. The first-order valence-electron chi connectivity index (χ1n) is 11.3. The highest BCUT2D eigenvalue weighted by Crippen LogP contribution is 2.40. The second kappa shape index (κ2) is 9.46. The molecule has 1 unspecified atom stereocenters. The number of nitriles is 1. The average Bonchev–Trinajstić information content (AvgIpc) is 3.18. The Hall–Kier alpha value is -4.19. The number of halogens is 1. The molecule has 0 radical (unpaired) electrons. The van der Waals surface area contributed by atoms with Crippen LogP contribution in [0, 0.1) is 17.1 Å². The van der Waals surface area contributed by atoms with E-state index in [0.717, 1.165) is 11.1 Å². The van der Waals surface area contributed by atoms with Gasteiger partial charge in [0.25, 0.3) is 0 Å². The summed E-state index contributed by atoms with van der Waals surface area (Å²) in [7, 11) is 3.14. The minimum Gasteiger partial charge on any atom is -0.493 e. The smallest absolute Gasteiger partial charge is 0.180 e. The largest absolute Gasteiger partial charge is 0.493 e. The standard InChI is InChI=1S/C28H24FN3O4/c1-16(13-30)25-20-8-6-17(11-18(20)14-36-24-12-19(29)7-9-21(24)25)27(33)26-22(15-34-2)31-28-23(35-3)5-4-10-32(26)28/h4-12,27,33H,14-15H2,1-3H3/b25-16-. The molecule has 8 heteroatoms. The molecule has 1 atom stereocenters. The van der Waals surface area contributed by atoms with Crippen molar-refractivity contribution in [3.8, 4) is 17.6 Å². The van der Waals surface area contributed by atoms with Crippen molar-refractivity contribution in [1.29, 1.82) is 5.26 Å². The van der Waals surface area contributed by atoms with E-state index in [-0.39, 0.29) is 13.2 Å². The lowest BCUT2D eigenvalue weighted by Gasteiger charge is -2.17. The predicted octanol–water partition coefficient (Wildman–Crippen LogP) is 4.95. The van der Waals surface area contributed by atoms with Crippen LogP contribution in [-0.2, 0) is 18.0 Å². The summed E-state index contributed by atoms with van der Waals surface area (Å²) >= 11 is 0. The topological polar surface area (TPSA) is 89.0 Å². The molecule has 2 aromatic heterocycles. The third-order valence-corrected chi connectivity index (χ3v) is 6.34. The first kappa shape index (κ1) is 23.5. The lowest BCUT2D eigenvalue weighted by molar-refractivity contribution is 0.172. The van der Waals surface area contributed by atoms with Crippen LogP contribution < -0.4 is 9.47 Å². The van der Waals surface area contributed by atoms with E-state index < -0.39 is 11.9 Å². The van der Waals surface area contributed by atoms with Gasteiger partial charge in [0.15, 0.2) is 11.4 Å². The fourth-order valence-electron chi connectivity index (χ4n) is 4.69. The zero-order valence-electron chi connectivity index (χ0n) is 20.1. The number of fused-ring (bicyclic) bond motifs is 3. The first-order valence-corrected chi connectivity index (χ1v) is 11.3. The Morgan fingerprint density at radius 2 is 2.03 bits per heavy atom. The fourth-order valence-corrected chi connectivity index (χ4v) is 4.69. The van der Waals surface area contributed by atoms with Gasteiger partial charge in [0.1, 0.15) is 24.3 Å². The number of aliphatic hydroxyl groups excluding tert-OH is 1. The van der Waals surface area contributed by atoms with Gasteiger partial charge in [-0.25, -0.2) is 9.37 Å². The average molecular weight is 486 g/mol. The molecule has 4 aromatic rings. The van der Waals surface area contributed by atoms with Gasteiger partial charge in [-0.05, 0) is 53.9 Å². The summed E-state index contributed by atoms with van der Waals surface area (Å²) in [6.07, 6.45) is 0.785. The van der Waals surface area contributed by atoms with E-state index in [1.165, 1.54) is 12.1 Å². The van der Waals surface area contributed by atoms with Gasteiger partial charge < -0.3 is 19.3 Å². The van der Waals surface area contributed by atoms with Crippen molar-refractivity contribution in [2.24, 2.45) is 0 Å². The van der Waals surface area contributed by atoms with E-state index in [1.54, 1.807) is 37.7 Å². The Kier molecular flexibility index (Phi) is 6.18. The van der Waals surface area contributed by atoms with E-state index in [2.05, 4.69) is 11.1 Å². The van der Waals surface area contributed by atoms with Crippen LogP contribution in [0.5, 0.6) is 11.5 Å². The van der Waals surface area contributed by atoms with E-state index in [1.807, 2.05) is 30.5 Å². The van der Waals surface area contributed by atoms with Crippen molar-refractivity contribution in [3.05, 3.63) is 99.8 Å². The summed E-state index contributed by atoms with van der Waals surface area (Å²) in [6, 6.07) is 15.7. The minimum atomic E-state index is -1.03. The molecule has 36 heavy (non-hydrogen) atoms. The number of nitrogens with zero attached hydrogens (tertiary/aromatic N) is 3. The number of pyridine rings is 1. The highest BCUT2D eigenvalue weighted by molar-refractivity contribution is 5.88. The van der Waals surface area contributed by atoms with Crippen molar-refractivity contribution in [2.45, 2.75) is 26.2 Å². The third-order valence-electron chi connectivity index (χ3n) is 6.34. The SMILES string of the molecule is COCc1nc2c(OC)cccn2c1C(O)c1ccc2c(c1)COc1cc(F)ccc1/C2=C(/C)C#N. The molecular weight excluding hydrogens is 461 g/mol. The number of imidazole rings is 1. The summed E-state index contributed by atoms with van der Waals surface area (Å²) < 4.78 is 32.5. The summed E-state index contributed by atoms with van der Waals surface area (Å²) in [5, 5.41) is 21.2. The minimum absolute atomic E-state index is 0.153. The van der Waals surface area contributed by atoms with Crippen molar-refractivity contribution < 1.29 is 23.7 Å². The normalized spacial score (nSPS) is 14.8. The lowest BCUT2D eigenvalue weighted by Crippen LogP contribution is -2.09. The second-order valence-corrected chi connectivity index (χ2v) is 8.51. The maximum absolute atomic E-state index is 14.0. The lowest BCUT2D eigenvalue weighted by atomic mass is 9.89. The van der Waals surface area contributed by atoms with Crippen molar-refractivity contribution in [1.82, 2.24) is 9.38 Å². The Bertz CT molecular complexity index is 1550. The molecule has 0 saturated carbocycles. The summed E-state index contributed by atoms with van der Waals surface area (Å²) in [4.78, 5) is 4.65. The number of hydrogen-bond acceptors (Lipinski definition) is 6. The number of allylic oxidation sites excluding steroid dienone is 1. The summed E-state index contributed by atoms with van der Waals surface area (Å²) in [5.41, 5.74) is 5.73. The molecule has 0 saturated heterocycles. The first-order chi connectivity index (χ1) is 17.5. The van der Waals surface area contributed by atoms with Crippen LogP contribution in [-0.4, -0.2) is 28.7 Å². The molecule has 5 rings (SSSR count). The Balaban J connectivity index is 1.65. The van der Waals surface area contributed by atoms with Gasteiger partial charge in [-0.1, -0.05) is 12.1 Å². The molecule has 1 aliphatic heterocycles. The van der Waals surface area contributed by atoms with Gasteiger partial charge in [0.05, 0.1) is 31.2 Å². The van der Waals surface area contributed by atoms with Crippen LogP contribution in [0.4, 0.5) is 4.39 Å². The molecule has 7 nitrogen and oxygen atoms in total. The monoisotopic (exact) mass is 485 g/mol. The zero-order chi connectivity index (χ0) is 25.4. The van der Waals surface area contributed by atoms with Gasteiger partial charge in [-0.3, -0.25) is 4.40 Å². The van der Waals surface area contributed by atoms with Crippen molar-refractivity contribution in [3.63, 3.8) is 0 Å². The van der Waals surface area contributed by atoms with E-state index in [9.17, 15) is 14.8 Å². The highest BCUT2D eigenvalue weighted by Gasteiger charge is 2.26. The van der Waals surface area contributed by atoms with Crippen LogP contribution >= 0.6 is 0 Å². The third kappa shape index (κ3) is 3.88. The van der Waals surface area contributed by atoms with Crippen molar-refractivity contribution >= 4 is 11.2 Å². The van der Waals surface area contributed by atoms with Gasteiger partial charge in [-0.15, -0.1) is 0 Å². The maximum Gasteiger partial charge on any atom is 0.180 e. The number of methoxy groups -OCH3 is 2. The molecule has 1 N–H and O–H groups in total. The number of benzene rings is 2. The second-order valence-electron chi connectivity index (χ2n) is 8.51. The van der Waals surface area contributed by atoms with Crippen LogP contribution in [0.15, 0.2) is 60.3 Å². The predicted molar refractivity (Wildman–Crippen MR) is 131 cm³/mol. The molecule has 0 fully saturated rings. The summed E-state index contributed by atoms with van der Waals surface area (Å²) in [6.45, 7) is 2.09. The van der Waals surface area contributed by atoms with Crippen molar-refractivity contribution in [2.75, 3.05) is 14.2 Å². The molecule has 0 bridgehead atoms. The van der Waals surface area contributed by atoms with E-state index in [0.29, 0.717) is 50.8 Å². The Morgan fingerprint density at radius 3 is 2.78 bits per heavy atom. The van der Waals surface area contributed by atoms with Gasteiger partial charge in [-0.2, -0.15) is 5.26 Å². The molecule has 0 aliphatic carbocycles. The maximum atomic E-state index is 14.0. The number of rotatable bonds is 5. The van der Waals surface area contributed by atoms with Crippen LogP contribution in [0.3, 0.4) is 0 Å². The molecular formula is C28H24FN3O4. The van der Waals surface area contributed by atoms with Crippen LogP contribution in [0.1, 0.15) is 46.7 Å². The number of aromatic nitrogens is 2. The fraction of sp³-hybridized carbons (Fsp3) is 0.214. The van der Waals surface area contributed by atoms with Crippen LogP contribution in [0.2, 0.25) is 0 Å². The molecule has 2 aromatic carbocycles. The Labute approximate surface area is 207 Å². The number of ether oxygens (including phenoxy) is 3. The highest BCUT2D eigenvalue weighted by atomic mass is 19.1. The molecule has 1 aliphatic rings. The molecule has 0 spiro atoms. The molecule has 0 amide bonds.